The molecule has 0 spiro atoms. The Balaban J connectivity index is 1.93. The predicted molar refractivity (Wildman–Crippen MR) is 99.7 cm³/mol. The zero-order valence-electron chi connectivity index (χ0n) is 14.0. The van der Waals surface area contributed by atoms with Crippen molar-refractivity contribution in [3.63, 3.8) is 0 Å². The van der Waals surface area contributed by atoms with E-state index in [9.17, 15) is 4.79 Å². The number of hydrogen-bond donors (Lipinski definition) is 0. The summed E-state index contributed by atoms with van der Waals surface area (Å²) in [5.74, 6) is 1.47. The lowest BCUT2D eigenvalue weighted by Crippen LogP contribution is -2.20. The molecule has 0 N–H and O–H groups in total. The number of nitrogens with zero attached hydrogens (tertiary/aromatic N) is 3. The maximum absolute atomic E-state index is 13.0. The molecule has 0 atom stereocenters. The molecule has 0 saturated heterocycles. The molecule has 4 aromatic rings. The van der Waals surface area contributed by atoms with Crippen LogP contribution < -0.4 is 10.3 Å². The number of para-hydroxylation sites is 2. The first-order valence-electron chi connectivity index (χ1n) is 8.01. The highest BCUT2D eigenvalue weighted by Crippen LogP contribution is 2.20. The van der Waals surface area contributed by atoms with Gasteiger partial charge in [0, 0.05) is 5.56 Å². The van der Waals surface area contributed by atoms with Crippen LogP contribution in [0.1, 0.15) is 5.56 Å². The number of benzene rings is 2. The minimum absolute atomic E-state index is 0.270. The summed E-state index contributed by atoms with van der Waals surface area (Å²) < 4.78 is 12.0. The number of hydrogen-bond acceptors (Lipinski definition) is 5. The molecular weight excluding hydrogens is 330 g/mol. The van der Waals surface area contributed by atoms with Crippen LogP contribution >= 0.6 is 0 Å². The average Bonchev–Trinajstić information content (AvgIpc) is 3.22. The van der Waals surface area contributed by atoms with Gasteiger partial charge in [0.2, 0.25) is 5.82 Å². The molecule has 0 bridgehead atoms. The van der Waals surface area contributed by atoms with Crippen LogP contribution in [0.4, 0.5) is 0 Å². The van der Waals surface area contributed by atoms with Crippen LogP contribution in [0.5, 0.6) is 5.75 Å². The van der Waals surface area contributed by atoms with Crippen molar-refractivity contribution < 1.29 is 9.15 Å². The van der Waals surface area contributed by atoms with Gasteiger partial charge in [-0.1, -0.05) is 24.3 Å². The monoisotopic (exact) mass is 345 g/mol. The summed E-state index contributed by atoms with van der Waals surface area (Å²) in [6, 6.07) is 18.1. The largest absolute Gasteiger partial charge is 0.496 e. The zero-order chi connectivity index (χ0) is 17.9. The molecule has 0 amide bonds. The molecule has 0 unspecified atom stereocenters. The van der Waals surface area contributed by atoms with E-state index in [4.69, 9.17) is 9.15 Å². The van der Waals surface area contributed by atoms with E-state index in [0.717, 1.165) is 5.56 Å². The van der Waals surface area contributed by atoms with Gasteiger partial charge in [0.1, 0.15) is 5.75 Å². The Kier molecular flexibility index (Phi) is 4.07. The van der Waals surface area contributed by atoms with E-state index in [0.29, 0.717) is 28.2 Å². The Morgan fingerprint density at radius 1 is 1.08 bits per heavy atom. The van der Waals surface area contributed by atoms with Crippen molar-refractivity contribution in [1.82, 2.24) is 9.66 Å². The first-order chi connectivity index (χ1) is 12.8. The van der Waals surface area contributed by atoms with Crippen molar-refractivity contribution in [2.24, 2.45) is 5.10 Å². The molecule has 0 aliphatic heterocycles. The van der Waals surface area contributed by atoms with Crippen LogP contribution in [0, 0.1) is 0 Å². The van der Waals surface area contributed by atoms with E-state index < -0.39 is 0 Å². The van der Waals surface area contributed by atoms with Gasteiger partial charge < -0.3 is 9.15 Å². The van der Waals surface area contributed by atoms with Crippen LogP contribution in [-0.2, 0) is 0 Å². The van der Waals surface area contributed by atoms with E-state index in [1.165, 1.54) is 10.9 Å². The lowest BCUT2D eigenvalue weighted by Gasteiger charge is -2.08. The topological polar surface area (TPSA) is 69.6 Å². The van der Waals surface area contributed by atoms with Crippen molar-refractivity contribution in [2.45, 2.75) is 0 Å². The fourth-order valence-corrected chi connectivity index (χ4v) is 2.69. The maximum atomic E-state index is 13.0. The molecule has 0 aliphatic rings. The van der Waals surface area contributed by atoms with Crippen molar-refractivity contribution in [3.8, 4) is 17.3 Å². The molecule has 0 aliphatic carbocycles. The van der Waals surface area contributed by atoms with E-state index >= 15 is 0 Å². The molecule has 6 nitrogen and oxygen atoms in total. The molecule has 2 aromatic heterocycles. The number of aromatic nitrogens is 2. The summed E-state index contributed by atoms with van der Waals surface area (Å²) in [5, 5.41) is 4.85. The second-order valence-electron chi connectivity index (χ2n) is 5.53. The number of rotatable bonds is 4. The van der Waals surface area contributed by atoms with Gasteiger partial charge in [-0.15, -0.1) is 0 Å². The zero-order valence-corrected chi connectivity index (χ0v) is 14.0. The second kappa shape index (κ2) is 6.68. The van der Waals surface area contributed by atoms with Gasteiger partial charge in [0.15, 0.2) is 5.76 Å². The normalized spacial score (nSPS) is 11.3. The summed E-state index contributed by atoms with van der Waals surface area (Å²) in [6.45, 7) is 0. The molecule has 6 heteroatoms. The number of fused-ring (bicyclic) bond motifs is 1. The Labute approximate surface area is 149 Å². The molecular formula is C20H15N3O3. The highest BCUT2D eigenvalue weighted by molar-refractivity contribution is 5.84. The van der Waals surface area contributed by atoms with Gasteiger partial charge in [-0.05, 0) is 36.4 Å². The van der Waals surface area contributed by atoms with Crippen LogP contribution in [0.25, 0.3) is 22.5 Å². The van der Waals surface area contributed by atoms with Gasteiger partial charge in [0.25, 0.3) is 5.56 Å². The quantitative estimate of drug-likeness (QED) is 0.530. The first kappa shape index (κ1) is 15.8. The van der Waals surface area contributed by atoms with Gasteiger partial charge in [-0.2, -0.15) is 9.78 Å². The third-order valence-corrected chi connectivity index (χ3v) is 3.95. The van der Waals surface area contributed by atoms with Crippen LogP contribution in [0.3, 0.4) is 0 Å². The molecule has 2 aromatic carbocycles. The number of methoxy groups -OCH3 is 1. The summed E-state index contributed by atoms with van der Waals surface area (Å²) in [7, 11) is 1.59. The number of furan rings is 1. The molecule has 0 fully saturated rings. The van der Waals surface area contributed by atoms with E-state index in [-0.39, 0.29) is 5.56 Å². The molecule has 2 heterocycles. The summed E-state index contributed by atoms with van der Waals surface area (Å²) in [6.07, 6.45) is 3.11. The average molecular weight is 345 g/mol. The van der Waals surface area contributed by atoms with Gasteiger partial charge in [0.05, 0.1) is 30.5 Å². The van der Waals surface area contributed by atoms with E-state index in [1.807, 2.05) is 30.3 Å². The van der Waals surface area contributed by atoms with Crippen molar-refractivity contribution in [1.29, 1.82) is 0 Å². The van der Waals surface area contributed by atoms with Crippen molar-refractivity contribution in [3.05, 3.63) is 82.8 Å². The van der Waals surface area contributed by atoms with Gasteiger partial charge >= 0.3 is 0 Å². The maximum Gasteiger partial charge on any atom is 0.282 e. The second-order valence-corrected chi connectivity index (χ2v) is 5.53. The predicted octanol–water partition coefficient (Wildman–Crippen LogP) is 3.55. The molecule has 0 radical (unpaired) electrons. The Hall–Kier alpha value is -3.67. The molecule has 4 rings (SSSR count). The Morgan fingerprint density at radius 2 is 1.88 bits per heavy atom. The Bertz CT molecular complexity index is 1140. The fraction of sp³-hybridized carbons (Fsp3) is 0.0500. The van der Waals surface area contributed by atoms with E-state index in [1.54, 1.807) is 43.7 Å². The lowest BCUT2D eigenvalue weighted by molar-refractivity contribution is 0.414. The van der Waals surface area contributed by atoms with Crippen LogP contribution in [0.2, 0.25) is 0 Å². The summed E-state index contributed by atoms with van der Waals surface area (Å²) >= 11 is 0. The van der Waals surface area contributed by atoms with Gasteiger partial charge in [-0.3, -0.25) is 4.79 Å². The van der Waals surface area contributed by atoms with Crippen LogP contribution in [0.15, 0.2) is 81.2 Å². The minimum Gasteiger partial charge on any atom is -0.496 e. The smallest absolute Gasteiger partial charge is 0.282 e. The molecule has 128 valence electrons. The standard InChI is InChI=1S/C20H15N3O3/c1-25-17-10-5-2-7-14(17)13-21-23-19(18-11-6-12-26-18)22-16-9-4-3-8-15(16)20(23)24/h2-13H,1H3/b21-13-. The lowest BCUT2D eigenvalue weighted by atomic mass is 10.2. The van der Waals surface area contributed by atoms with Crippen molar-refractivity contribution in [2.75, 3.05) is 7.11 Å². The highest BCUT2D eigenvalue weighted by atomic mass is 16.5. The SMILES string of the molecule is COc1ccccc1/C=N\n1c(-c2ccco2)nc2ccccc2c1=O. The third-order valence-electron chi connectivity index (χ3n) is 3.95. The summed E-state index contributed by atoms with van der Waals surface area (Å²) in [5.41, 5.74) is 1.07. The van der Waals surface area contributed by atoms with Crippen molar-refractivity contribution >= 4 is 17.1 Å². The third kappa shape index (κ3) is 2.77. The highest BCUT2D eigenvalue weighted by Gasteiger charge is 2.14. The van der Waals surface area contributed by atoms with E-state index in [2.05, 4.69) is 10.1 Å². The first-order valence-corrected chi connectivity index (χ1v) is 8.01. The molecule has 26 heavy (non-hydrogen) atoms. The Morgan fingerprint density at radius 3 is 2.69 bits per heavy atom. The summed E-state index contributed by atoms with van der Waals surface area (Å²) in [4.78, 5) is 17.5. The van der Waals surface area contributed by atoms with Gasteiger partial charge in [-0.25, -0.2) is 4.98 Å². The van der Waals surface area contributed by atoms with Crippen LogP contribution in [-0.4, -0.2) is 23.0 Å². The fourth-order valence-electron chi connectivity index (χ4n) is 2.69. The number of ether oxygens (including phenoxy) is 1. The molecule has 0 saturated carbocycles. The minimum atomic E-state index is -0.270.